The van der Waals surface area contributed by atoms with E-state index in [0.29, 0.717) is 16.2 Å². The maximum Gasteiger partial charge on any atom is 0.166 e. The molecule has 3 aromatic carbocycles. The standard InChI is InChI=1S/C14H10O3/c15-11-7-3-6-10-12(11)8-4-1-2-5-9(8)13(16)14(10)17/h1-7,15-17H. The van der Waals surface area contributed by atoms with E-state index in [1.54, 1.807) is 36.4 Å². The molecular weight excluding hydrogens is 216 g/mol. The van der Waals surface area contributed by atoms with Crippen LogP contribution in [0.15, 0.2) is 42.5 Å². The van der Waals surface area contributed by atoms with Crippen molar-refractivity contribution in [1.82, 2.24) is 0 Å². The monoisotopic (exact) mass is 226 g/mol. The van der Waals surface area contributed by atoms with Crippen LogP contribution < -0.4 is 0 Å². The molecule has 0 fully saturated rings. The average molecular weight is 226 g/mol. The first-order chi connectivity index (χ1) is 8.20. The molecule has 84 valence electrons. The summed E-state index contributed by atoms with van der Waals surface area (Å²) in [6, 6.07) is 12.0. The number of phenolic OH excluding ortho intramolecular Hbond substituents is 3. The highest BCUT2D eigenvalue weighted by molar-refractivity contribution is 6.15. The first-order valence-electron chi connectivity index (χ1n) is 5.24. The van der Waals surface area contributed by atoms with Gasteiger partial charge in [-0.3, -0.25) is 0 Å². The number of fused-ring (bicyclic) bond motifs is 3. The van der Waals surface area contributed by atoms with Crippen molar-refractivity contribution in [3.8, 4) is 17.2 Å². The quantitative estimate of drug-likeness (QED) is 0.407. The minimum Gasteiger partial charge on any atom is -0.507 e. The molecule has 0 radical (unpaired) electrons. The van der Waals surface area contributed by atoms with E-state index in [9.17, 15) is 15.3 Å². The van der Waals surface area contributed by atoms with Crippen molar-refractivity contribution in [2.24, 2.45) is 0 Å². The van der Waals surface area contributed by atoms with Crippen LogP contribution in [-0.4, -0.2) is 15.3 Å². The fourth-order valence-corrected chi connectivity index (χ4v) is 2.18. The van der Waals surface area contributed by atoms with Gasteiger partial charge in [0.25, 0.3) is 0 Å². The Morgan fingerprint density at radius 2 is 1.18 bits per heavy atom. The molecule has 3 rings (SSSR count). The van der Waals surface area contributed by atoms with Gasteiger partial charge < -0.3 is 15.3 Å². The van der Waals surface area contributed by atoms with Crippen LogP contribution in [0.25, 0.3) is 21.5 Å². The van der Waals surface area contributed by atoms with Crippen molar-refractivity contribution in [2.75, 3.05) is 0 Å². The minimum absolute atomic E-state index is 0.0917. The highest BCUT2D eigenvalue weighted by Crippen LogP contribution is 2.44. The van der Waals surface area contributed by atoms with Crippen molar-refractivity contribution in [3.05, 3.63) is 42.5 Å². The van der Waals surface area contributed by atoms with Crippen LogP contribution in [0, 0.1) is 0 Å². The number of rotatable bonds is 0. The van der Waals surface area contributed by atoms with E-state index < -0.39 is 0 Å². The van der Waals surface area contributed by atoms with E-state index >= 15 is 0 Å². The number of benzene rings is 3. The maximum absolute atomic E-state index is 9.92. The smallest absolute Gasteiger partial charge is 0.166 e. The Labute approximate surface area is 97.2 Å². The molecule has 0 atom stereocenters. The molecule has 0 saturated carbocycles. The van der Waals surface area contributed by atoms with E-state index in [2.05, 4.69) is 0 Å². The van der Waals surface area contributed by atoms with Crippen LogP contribution in [0.5, 0.6) is 17.2 Å². The zero-order chi connectivity index (χ0) is 12.0. The summed E-state index contributed by atoms with van der Waals surface area (Å²) in [4.78, 5) is 0. The Morgan fingerprint density at radius 1 is 0.588 bits per heavy atom. The molecule has 0 spiro atoms. The zero-order valence-electron chi connectivity index (χ0n) is 8.88. The van der Waals surface area contributed by atoms with E-state index in [4.69, 9.17) is 0 Å². The summed E-state index contributed by atoms with van der Waals surface area (Å²) in [6.45, 7) is 0. The van der Waals surface area contributed by atoms with E-state index in [0.717, 1.165) is 5.39 Å². The summed E-state index contributed by atoms with van der Waals surface area (Å²) in [5.74, 6) is -0.262. The summed E-state index contributed by atoms with van der Waals surface area (Å²) in [7, 11) is 0. The Hall–Kier alpha value is -2.42. The van der Waals surface area contributed by atoms with Crippen LogP contribution in [-0.2, 0) is 0 Å². The first kappa shape index (κ1) is 9.78. The Bertz CT molecular complexity index is 732. The molecule has 3 N–H and O–H groups in total. The number of aromatic hydroxyl groups is 3. The topological polar surface area (TPSA) is 60.7 Å². The molecule has 0 aromatic heterocycles. The second-order valence-electron chi connectivity index (χ2n) is 3.94. The SMILES string of the molecule is Oc1c(O)c2cccc(O)c2c2ccccc12. The molecule has 0 bridgehead atoms. The van der Waals surface area contributed by atoms with Crippen LogP contribution in [0.3, 0.4) is 0 Å². The molecule has 3 aromatic rings. The molecule has 3 nitrogen and oxygen atoms in total. The lowest BCUT2D eigenvalue weighted by molar-refractivity contribution is 0.412. The van der Waals surface area contributed by atoms with Crippen molar-refractivity contribution in [3.63, 3.8) is 0 Å². The van der Waals surface area contributed by atoms with Gasteiger partial charge >= 0.3 is 0 Å². The molecule has 0 saturated heterocycles. The predicted octanol–water partition coefficient (Wildman–Crippen LogP) is 3.11. The third kappa shape index (κ3) is 1.22. The number of phenols is 3. The fraction of sp³-hybridized carbons (Fsp3) is 0. The summed E-state index contributed by atoms with van der Waals surface area (Å²) in [6.07, 6.45) is 0. The maximum atomic E-state index is 9.92. The van der Waals surface area contributed by atoms with Gasteiger partial charge in [-0.25, -0.2) is 0 Å². The number of hydrogen-bond donors (Lipinski definition) is 3. The number of hydrogen-bond acceptors (Lipinski definition) is 3. The highest BCUT2D eigenvalue weighted by Gasteiger charge is 2.14. The summed E-state index contributed by atoms with van der Waals surface area (Å²) < 4.78 is 0. The van der Waals surface area contributed by atoms with Crippen LogP contribution in [0.1, 0.15) is 0 Å². The molecule has 0 aliphatic heterocycles. The first-order valence-corrected chi connectivity index (χ1v) is 5.24. The second-order valence-corrected chi connectivity index (χ2v) is 3.94. The second kappa shape index (κ2) is 3.28. The normalized spacial score (nSPS) is 11.1. The van der Waals surface area contributed by atoms with E-state index in [1.165, 1.54) is 0 Å². The van der Waals surface area contributed by atoms with Gasteiger partial charge in [-0.05, 0) is 11.5 Å². The average Bonchev–Trinajstić information content (AvgIpc) is 2.36. The van der Waals surface area contributed by atoms with Crippen molar-refractivity contribution in [1.29, 1.82) is 0 Å². The molecule has 0 aliphatic rings. The molecule has 0 heterocycles. The molecule has 3 heteroatoms. The lowest BCUT2D eigenvalue weighted by Gasteiger charge is -2.10. The zero-order valence-corrected chi connectivity index (χ0v) is 8.88. The Kier molecular flexibility index (Phi) is 1.89. The third-order valence-electron chi connectivity index (χ3n) is 2.97. The molecule has 0 unspecified atom stereocenters. The van der Waals surface area contributed by atoms with Gasteiger partial charge in [0, 0.05) is 16.2 Å². The lowest BCUT2D eigenvalue weighted by Crippen LogP contribution is -1.81. The van der Waals surface area contributed by atoms with Gasteiger partial charge in [0.1, 0.15) is 5.75 Å². The Morgan fingerprint density at radius 3 is 1.94 bits per heavy atom. The van der Waals surface area contributed by atoms with Gasteiger partial charge in [0.05, 0.1) is 0 Å². The van der Waals surface area contributed by atoms with Crippen LogP contribution >= 0.6 is 0 Å². The van der Waals surface area contributed by atoms with Crippen molar-refractivity contribution >= 4 is 21.5 Å². The fourth-order valence-electron chi connectivity index (χ4n) is 2.18. The van der Waals surface area contributed by atoms with E-state index in [1.807, 2.05) is 6.07 Å². The van der Waals surface area contributed by atoms with Gasteiger partial charge in [0.15, 0.2) is 11.5 Å². The highest BCUT2D eigenvalue weighted by atomic mass is 16.3. The molecular formula is C14H10O3. The van der Waals surface area contributed by atoms with Crippen molar-refractivity contribution in [2.45, 2.75) is 0 Å². The lowest BCUT2D eigenvalue weighted by atomic mass is 9.99. The molecule has 0 amide bonds. The molecule has 0 aliphatic carbocycles. The van der Waals surface area contributed by atoms with Gasteiger partial charge in [-0.1, -0.05) is 36.4 Å². The molecule has 17 heavy (non-hydrogen) atoms. The summed E-state index contributed by atoms with van der Waals surface area (Å²) in [5.41, 5.74) is 0. The van der Waals surface area contributed by atoms with Crippen LogP contribution in [0.4, 0.5) is 0 Å². The third-order valence-corrected chi connectivity index (χ3v) is 2.97. The largest absolute Gasteiger partial charge is 0.507 e. The Balaban J connectivity index is 2.72. The summed E-state index contributed by atoms with van der Waals surface area (Å²) >= 11 is 0. The van der Waals surface area contributed by atoms with Crippen molar-refractivity contribution < 1.29 is 15.3 Å². The minimum atomic E-state index is -0.199. The summed E-state index contributed by atoms with van der Waals surface area (Å²) in [5, 5.41) is 32.0. The van der Waals surface area contributed by atoms with Gasteiger partial charge in [0.2, 0.25) is 0 Å². The predicted molar refractivity (Wildman–Crippen MR) is 66.4 cm³/mol. The van der Waals surface area contributed by atoms with Gasteiger partial charge in [-0.15, -0.1) is 0 Å². The van der Waals surface area contributed by atoms with E-state index in [-0.39, 0.29) is 17.2 Å². The van der Waals surface area contributed by atoms with Crippen LogP contribution in [0.2, 0.25) is 0 Å². The van der Waals surface area contributed by atoms with Gasteiger partial charge in [-0.2, -0.15) is 0 Å².